The van der Waals surface area contributed by atoms with E-state index in [4.69, 9.17) is 24.7 Å². The molecule has 0 amide bonds. The lowest BCUT2D eigenvalue weighted by Crippen LogP contribution is -2.13. The van der Waals surface area contributed by atoms with Gasteiger partial charge in [-0.3, -0.25) is 0 Å². The maximum atomic E-state index is 5.71. The molecule has 0 fully saturated rings. The van der Waals surface area contributed by atoms with E-state index in [2.05, 4.69) is 16.9 Å². The Kier molecular flexibility index (Phi) is 9.43. The van der Waals surface area contributed by atoms with Crippen LogP contribution in [0.25, 0.3) is 0 Å². The molecule has 0 unspecified atom stereocenters. The summed E-state index contributed by atoms with van der Waals surface area (Å²) in [6.07, 6.45) is 1.76. The van der Waals surface area contributed by atoms with E-state index in [1.54, 1.807) is 13.2 Å². The summed E-state index contributed by atoms with van der Waals surface area (Å²) in [5, 5.41) is 0. The summed E-state index contributed by atoms with van der Waals surface area (Å²) in [6.45, 7) is 5.20. The SMILES string of the molecule is CCCc1nc(N)cc(OCCOCCOCCOC)n1. The van der Waals surface area contributed by atoms with Crippen molar-refractivity contribution >= 4 is 5.82 Å². The zero-order chi connectivity index (χ0) is 15.3. The number of aromatic nitrogens is 2. The van der Waals surface area contributed by atoms with Crippen molar-refractivity contribution < 1.29 is 18.9 Å². The fraction of sp³-hybridized carbons (Fsp3) is 0.714. The molecule has 0 bridgehead atoms. The zero-order valence-corrected chi connectivity index (χ0v) is 12.8. The predicted molar refractivity (Wildman–Crippen MR) is 79.4 cm³/mol. The van der Waals surface area contributed by atoms with Crippen molar-refractivity contribution in [2.45, 2.75) is 19.8 Å². The average molecular weight is 299 g/mol. The maximum Gasteiger partial charge on any atom is 0.218 e. The lowest BCUT2D eigenvalue weighted by atomic mass is 10.3. The van der Waals surface area contributed by atoms with Gasteiger partial charge in [0.2, 0.25) is 5.88 Å². The van der Waals surface area contributed by atoms with Crippen LogP contribution in [0.1, 0.15) is 19.2 Å². The molecule has 0 spiro atoms. The lowest BCUT2D eigenvalue weighted by molar-refractivity contribution is 0.0176. The third-order valence-corrected chi connectivity index (χ3v) is 2.52. The van der Waals surface area contributed by atoms with Gasteiger partial charge in [0.15, 0.2) is 0 Å². The number of nitrogens with zero attached hydrogens (tertiary/aromatic N) is 2. The first kappa shape index (κ1) is 17.6. The van der Waals surface area contributed by atoms with Crippen molar-refractivity contribution in [3.05, 3.63) is 11.9 Å². The first-order valence-corrected chi connectivity index (χ1v) is 7.17. The lowest BCUT2D eigenvalue weighted by Gasteiger charge is -2.08. The van der Waals surface area contributed by atoms with E-state index in [0.717, 1.165) is 12.8 Å². The molecule has 1 rings (SSSR count). The van der Waals surface area contributed by atoms with Crippen LogP contribution in [0.15, 0.2) is 6.07 Å². The van der Waals surface area contributed by atoms with Gasteiger partial charge in [-0.25, -0.2) is 4.98 Å². The summed E-state index contributed by atoms with van der Waals surface area (Å²) in [5.74, 6) is 1.63. The fourth-order valence-electron chi connectivity index (χ4n) is 1.57. The number of methoxy groups -OCH3 is 1. The Morgan fingerprint density at radius 2 is 1.67 bits per heavy atom. The molecule has 0 radical (unpaired) electrons. The van der Waals surface area contributed by atoms with Crippen molar-refractivity contribution in [1.29, 1.82) is 0 Å². The highest BCUT2D eigenvalue weighted by atomic mass is 16.6. The van der Waals surface area contributed by atoms with Crippen LogP contribution >= 0.6 is 0 Å². The summed E-state index contributed by atoms with van der Waals surface area (Å²) in [5.41, 5.74) is 5.71. The highest BCUT2D eigenvalue weighted by Gasteiger charge is 2.03. The summed E-state index contributed by atoms with van der Waals surface area (Å²) in [7, 11) is 1.64. The van der Waals surface area contributed by atoms with Gasteiger partial charge in [-0.15, -0.1) is 0 Å². The van der Waals surface area contributed by atoms with E-state index in [-0.39, 0.29) is 0 Å². The monoisotopic (exact) mass is 299 g/mol. The Hall–Kier alpha value is -1.44. The quantitative estimate of drug-likeness (QED) is 0.577. The first-order valence-electron chi connectivity index (χ1n) is 7.17. The fourth-order valence-corrected chi connectivity index (χ4v) is 1.57. The molecule has 7 nitrogen and oxygen atoms in total. The second kappa shape index (κ2) is 11.2. The molecular formula is C14H25N3O4. The Morgan fingerprint density at radius 3 is 2.33 bits per heavy atom. The number of rotatable bonds is 12. The van der Waals surface area contributed by atoms with E-state index in [1.807, 2.05) is 0 Å². The summed E-state index contributed by atoms with van der Waals surface area (Å²) < 4.78 is 21.0. The zero-order valence-electron chi connectivity index (χ0n) is 12.8. The summed E-state index contributed by atoms with van der Waals surface area (Å²) in [6, 6.07) is 1.62. The van der Waals surface area contributed by atoms with Gasteiger partial charge < -0.3 is 24.7 Å². The largest absolute Gasteiger partial charge is 0.475 e. The van der Waals surface area contributed by atoms with E-state index >= 15 is 0 Å². The van der Waals surface area contributed by atoms with E-state index in [1.165, 1.54) is 0 Å². The second-order valence-electron chi connectivity index (χ2n) is 4.36. The Bertz CT molecular complexity index is 390. The molecule has 1 aromatic rings. The van der Waals surface area contributed by atoms with Gasteiger partial charge in [0, 0.05) is 19.6 Å². The summed E-state index contributed by atoms with van der Waals surface area (Å²) >= 11 is 0. The molecule has 7 heteroatoms. The maximum absolute atomic E-state index is 5.71. The minimum atomic E-state index is 0.417. The number of anilines is 1. The molecular weight excluding hydrogens is 274 g/mol. The summed E-state index contributed by atoms with van der Waals surface area (Å²) in [4.78, 5) is 8.43. The number of ether oxygens (including phenoxy) is 4. The molecule has 1 heterocycles. The van der Waals surface area contributed by atoms with Crippen LogP contribution in [0.5, 0.6) is 5.88 Å². The third kappa shape index (κ3) is 8.44. The Labute approximate surface area is 125 Å². The molecule has 0 saturated heterocycles. The van der Waals surface area contributed by atoms with Crippen molar-refractivity contribution in [3.63, 3.8) is 0 Å². The Morgan fingerprint density at radius 1 is 1.00 bits per heavy atom. The third-order valence-electron chi connectivity index (χ3n) is 2.52. The van der Waals surface area contributed by atoms with Gasteiger partial charge in [-0.2, -0.15) is 4.98 Å². The molecule has 0 aliphatic heterocycles. The standard InChI is InChI=1S/C14H25N3O4/c1-3-4-13-16-12(15)11-14(17-13)21-10-9-20-8-7-19-6-5-18-2/h11H,3-10H2,1-2H3,(H2,15,16,17). The van der Waals surface area contributed by atoms with Gasteiger partial charge in [-0.1, -0.05) is 6.92 Å². The van der Waals surface area contributed by atoms with Crippen LogP contribution in [-0.4, -0.2) is 56.7 Å². The molecule has 1 aromatic heterocycles. The van der Waals surface area contributed by atoms with Crippen LogP contribution in [0.2, 0.25) is 0 Å². The molecule has 120 valence electrons. The molecule has 0 atom stereocenters. The molecule has 0 aromatic carbocycles. The van der Waals surface area contributed by atoms with E-state index in [9.17, 15) is 0 Å². The number of hydrogen-bond acceptors (Lipinski definition) is 7. The minimum Gasteiger partial charge on any atom is -0.475 e. The van der Waals surface area contributed by atoms with Gasteiger partial charge in [0.25, 0.3) is 0 Å². The van der Waals surface area contributed by atoms with Gasteiger partial charge in [0.05, 0.1) is 33.0 Å². The van der Waals surface area contributed by atoms with Crippen LogP contribution in [0, 0.1) is 0 Å². The van der Waals surface area contributed by atoms with Crippen molar-refractivity contribution in [2.24, 2.45) is 0 Å². The van der Waals surface area contributed by atoms with Gasteiger partial charge in [-0.05, 0) is 6.42 Å². The first-order chi connectivity index (χ1) is 10.3. The average Bonchev–Trinajstić information content (AvgIpc) is 2.45. The minimum absolute atomic E-state index is 0.417. The van der Waals surface area contributed by atoms with E-state index < -0.39 is 0 Å². The highest BCUT2D eigenvalue weighted by Crippen LogP contribution is 2.11. The van der Waals surface area contributed by atoms with Crippen molar-refractivity contribution in [2.75, 3.05) is 52.5 Å². The smallest absolute Gasteiger partial charge is 0.218 e. The number of nitrogens with two attached hydrogens (primary N) is 1. The molecule has 0 saturated carbocycles. The molecule has 0 aliphatic rings. The predicted octanol–water partition coefficient (Wildman–Crippen LogP) is 1.07. The van der Waals surface area contributed by atoms with Gasteiger partial charge in [0.1, 0.15) is 18.2 Å². The van der Waals surface area contributed by atoms with Crippen molar-refractivity contribution in [1.82, 2.24) is 9.97 Å². The topological polar surface area (TPSA) is 88.7 Å². The number of nitrogen functional groups attached to an aromatic ring is 1. The second-order valence-corrected chi connectivity index (χ2v) is 4.36. The van der Waals surface area contributed by atoms with Crippen LogP contribution in [0.3, 0.4) is 0 Å². The normalized spacial score (nSPS) is 10.8. The van der Waals surface area contributed by atoms with Crippen molar-refractivity contribution in [3.8, 4) is 5.88 Å². The Balaban J connectivity index is 2.12. The van der Waals surface area contributed by atoms with Crippen LogP contribution in [-0.2, 0) is 20.6 Å². The van der Waals surface area contributed by atoms with Gasteiger partial charge >= 0.3 is 0 Å². The molecule has 0 aliphatic carbocycles. The molecule has 2 N–H and O–H groups in total. The van der Waals surface area contributed by atoms with E-state index in [0.29, 0.717) is 57.2 Å². The molecule has 21 heavy (non-hydrogen) atoms. The van der Waals surface area contributed by atoms with Crippen LogP contribution < -0.4 is 10.5 Å². The van der Waals surface area contributed by atoms with Crippen LogP contribution in [0.4, 0.5) is 5.82 Å². The number of hydrogen-bond donors (Lipinski definition) is 1. The number of aryl methyl sites for hydroxylation is 1. The highest BCUT2D eigenvalue weighted by molar-refractivity contribution is 5.32.